The molecule has 0 radical (unpaired) electrons. The number of rotatable bonds is 4. The Kier molecular flexibility index (Phi) is 4.19. The van der Waals surface area contributed by atoms with Crippen molar-refractivity contribution in [2.24, 2.45) is 0 Å². The molecule has 1 amide bonds. The van der Waals surface area contributed by atoms with Crippen molar-refractivity contribution in [2.75, 3.05) is 18.4 Å². The van der Waals surface area contributed by atoms with Gasteiger partial charge in [0.1, 0.15) is 6.04 Å². The molecule has 1 aliphatic rings. The lowest BCUT2D eigenvalue weighted by molar-refractivity contribution is -0.130. The highest BCUT2D eigenvalue weighted by molar-refractivity contribution is 5.84. The minimum Gasteiger partial charge on any atom is -0.354 e. The van der Waals surface area contributed by atoms with Crippen LogP contribution in [0, 0.1) is 0 Å². The summed E-state index contributed by atoms with van der Waals surface area (Å²) in [6, 6.07) is -0.425. The number of amides is 1. The van der Waals surface area contributed by atoms with E-state index in [-0.39, 0.29) is 17.3 Å². The van der Waals surface area contributed by atoms with Crippen LogP contribution in [0.25, 0.3) is 0 Å². The first-order chi connectivity index (χ1) is 9.13. The third kappa shape index (κ3) is 2.94. The van der Waals surface area contributed by atoms with Gasteiger partial charge in [-0.2, -0.15) is 0 Å². The molecule has 2 rings (SSSR count). The molecule has 1 aromatic rings. The number of carbonyl (C=O) groups is 1. The first-order valence-electron chi connectivity index (χ1n) is 6.74. The maximum absolute atomic E-state index is 12.1. The van der Waals surface area contributed by atoms with Gasteiger partial charge in [0.05, 0.1) is 0 Å². The van der Waals surface area contributed by atoms with Gasteiger partial charge in [-0.05, 0) is 26.7 Å². The fraction of sp³-hybridized carbons (Fsp3) is 0.615. The van der Waals surface area contributed by atoms with Gasteiger partial charge in [0.2, 0.25) is 5.91 Å². The van der Waals surface area contributed by atoms with Crippen LogP contribution in [0.5, 0.6) is 0 Å². The summed E-state index contributed by atoms with van der Waals surface area (Å²) in [5, 5.41) is 2.93. The molecule has 1 fully saturated rings. The van der Waals surface area contributed by atoms with Crippen LogP contribution in [0.15, 0.2) is 17.2 Å². The monoisotopic (exact) mass is 264 g/mol. The van der Waals surface area contributed by atoms with Gasteiger partial charge in [-0.3, -0.25) is 9.59 Å². The lowest BCUT2D eigenvalue weighted by Gasteiger charge is -2.21. The van der Waals surface area contributed by atoms with E-state index in [1.54, 1.807) is 23.9 Å². The maximum Gasteiger partial charge on any atom is 0.293 e. The average Bonchev–Trinajstić information content (AvgIpc) is 2.94. The third-order valence-corrected chi connectivity index (χ3v) is 3.40. The molecule has 0 spiro atoms. The van der Waals surface area contributed by atoms with Crippen LogP contribution in [-0.2, 0) is 11.3 Å². The van der Waals surface area contributed by atoms with Crippen molar-refractivity contribution in [3.63, 3.8) is 0 Å². The average molecular weight is 264 g/mol. The summed E-state index contributed by atoms with van der Waals surface area (Å²) >= 11 is 0. The van der Waals surface area contributed by atoms with E-state index < -0.39 is 6.04 Å². The lowest BCUT2D eigenvalue weighted by atomic mass is 10.3. The zero-order valence-electron chi connectivity index (χ0n) is 11.4. The molecule has 6 heteroatoms. The lowest BCUT2D eigenvalue weighted by Crippen LogP contribution is -2.41. The molecule has 1 N–H and O–H groups in total. The number of hydrogen-bond acceptors (Lipinski definition) is 4. The second-order valence-corrected chi connectivity index (χ2v) is 4.77. The highest BCUT2D eigenvalue weighted by atomic mass is 16.2. The van der Waals surface area contributed by atoms with Gasteiger partial charge >= 0.3 is 0 Å². The normalized spacial score (nSPS) is 16.4. The quantitative estimate of drug-likeness (QED) is 0.868. The zero-order valence-corrected chi connectivity index (χ0v) is 11.4. The summed E-state index contributed by atoms with van der Waals surface area (Å²) in [6.45, 7) is 5.87. The Morgan fingerprint density at radius 1 is 1.47 bits per heavy atom. The number of nitrogens with one attached hydrogen (secondary N) is 1. The SMILES string of the molecule is CCn1ccnc(NC(C)C(=O)N2CCCC2)c1=O. The van der Waals surface area contributed by atoms with Gasteiger partial charge in [0, 0.05) is 32.0 Å². The summed E-state index contributed by atoms with van der Waals surface area (Å²) < 4.78 is 1.56. The van der Waals surface area contributed by atoms with Crippen LogP contribution in [0.4, 0.5) is 5.82 Å². The molecule has 2 heterocycles. The largest absolute Gasteiger partial charge is 0.354 e. The number of aromatic nitrogens is 2. The Balaban J connectivity index is 2.08. The van der Waals surface area contributed by atoms with Crippen molar-refractivity contribution < 1.29 is 4.79 Å². The number of anilines is 1. The molecule has 0 aliphatic carbocycles. The summed E-state index contributed by atoms with van der Waals surface area (Å²) in [4.78, 5) is 30.0. The summed E-state index contributed by atoms with van der Waals surface area (Å²) in [6.07, 6.45) is 5.33. The fourth-order valence-corrected chi connectivity index (χ4v) is 2.27. The standard InChI is InChI=1S/C13H20N4O2/c1-3-16-9-6-14-11(13(16)19)15-10(2)12(18)17-7-4-5-8-17/h6,9-10H,3-5,7-8H2,1-2H3,(H,14,15). The molecule has 104 valence electrons. The van der Waals surface area contributed by atoms with Gasteiger partial charge in [0.25, 0.3) is 5.56 Å². The van der Waals surface area contributed by atoms with E-state index in [0.717, 1.165) is 25.9 Å². The Bertz CT molecular complexity index is 506. The molecule has 0 aromatic carbocycles. The fourth-order valence-electron chi connectivity index (χ4n) is 2.27. The molecular formula is C13H20N4O2. The van der Waals surface area contributed by atoms with Crippen LogP contribution in [-0.4, -0.2) is 39.5 Å². The molecule has 19 heavy (non-hydrogen) atoms. The highest BCUT2D eigenvalue weighted by Gasteiger charge is 2.23. The van der Waals surface area contributed by atoms with Crippen molar-refractivity contribution >= 4 is 11.7 Å². The van der Waals surface area contributed by atoms with E-state index in [1.807, 2.05) is 11.8 Å². The van der Waals surface area contributed by atoms with Gasteiger partial charge in [0.15, 0.2) is 5.82 Å². The molecular weight excluding hydrogens is 244 g/mol. The van der Waals surface area contributed by atoms with Crippen molar-refractivity contribution in [1.29, 1.82) is 0 Å². The number of hydrogen-bond donors (Lipinski definition) is 1. The van der Waals surface area contributed by atoms with E-state index in [2.05, 4.69) is 10.3 Å². The smallest absolute Gasteiger partial charge is 0.293 e. The number of carbonyl (C=O) groups excluding carboxylic acids is 1. The van der Waals surface area contributed by atoms with Gasteiger partial charge in [-0.15, -0.1) is 0 Å². The second-order valence-electron chi connectivity index (χ2n) is 4.77. The molecule has 1 atom stereocenters. The van der Waals surface area contributed by atoms with Gasteiger partial charge < -0.3 is 14.8 Å². The third-order valence-electron chi connectivity index (χ3n) is 3.40. The Morgan fingerprint density at radius 3 is 2.79 bits per heavy atom. The van der Waals surface area contributed by atoms with Crippen molar-refractivity contribution in [1.82, 2.24) is 14.5 Å². The highest BCUT2D eigenvalue weighted by Crippen LogP contribution is 2.10. The molecule has 0 bridgehead atoms. The predicted octanol–water partition coefficient (Wildman–Crippen LogP) is 0.686. The molecule has 1 aromatic heterocycles. The number of aryl methyl sites for hydroxylation is 1. The molecule has 0 saturated carbocycles. The van der Waals surface area contributed by atoms with E-state index in [1.165, 1.54) is 0 Å². The van der Waals surface area contributed by atoms with Crippen LogP contribution >= 0.6 is 0 Å². The van der Waals surface area contributed by atoms with Crippen LogP contribution < -0.4 is 10.9 Å². The molecule has 1 aliphatic heterocycles. The van der Waals surface area contributed by atoms with Crippen molar-refractivity contribution in [3.8, 4) is 0 Å². The minimum absolute atomic E-state index is 0.0330. The number of likely N-dealkylation sites (tertiary alicyclic amines) is 1. The van der Waals surface area contributed by atoms with E-state index in [4.69, 9.17) is 0 Å². The van der Waals surface area contributed by atoms with Crippen molar-refractivity contribution in [3.05, 3.63) is 22.7 Å². The molecule has 6 nitrogen and oxygen atoms in total. The van der Waals surface area contributed by atoms with Crippen LogP contribution in [0.1, 0.15) is 26.7 Å². The first-order valence-corrected chi connectivity index (χ1v) is 6.74. The van der Waals surface area contributed by atoms with E-state index >= 15 is 0 Å². The van der Waals surface area contributed by atoms with E-state index in [0.29, 0.717) is 6.54 Å². The van der Waals surface area contributed by atoms with E-state index in [9.17, 15) is 9.59 Å². The van der Waals surface area contributed by atoms with Crippen LogP contribution in [0.3, 0.4) is 0 Å². The Labute approximate surface area is 112 Å². The van der Waals surface area contributed by atoms with Gasteiger partial charge in [-0.1, -0.05) is 0 Å². The summed E-state index contributed by atoms with van der Waals surface area (Å²) in [5.74, 6) is 0.273. The summed E-state index contributed by atoms with van der Waals surface area (Å²) in [7, 11) is 0. The second kappa shape index (κ2) is 5.86. The Morgan fingerprint density at radius 2 is 2.16 bits per heavy atom. The number of nitrogens with zero attached hydrogens (tertiary/aromatic N) is 3. The zero-order chi connectivity index (χ0) is 13.8. The van der Waals surface area contributed by atoms with Crippen LogP contribution in [0.2, 0.25) is 0 Å². The molecule has 1 saturated heterocycles. The summed E-state index contributed by atoms with van der Waals surface area (Å²) in [5.41, 5.74) is -0.189. The Hall–Kier alpha value is -1.85. The van der Waals surface area contributed by atoms with Crippen molar-refractivity contribution in [2.45, 2.75) is 39.3 Å². The van der Waals surface area contributed by atoms with Gasteiger partial charge in [-0.25, -0.2) is 4.98 Å². The predicted molar refractivity (Wildman–Crippen MR) is 73.1 cm³/mol. The minimum atomic E-state index is -0.425. The molecule has 1 unspecified atom stereocenters. The maximum atomic E-state index is 12.1. The first kappa shape index (κ1) is 13.6. The topological polar surface area (TPSA) is 67.2 Å².